The maximum Gasteiger partial charge on any atom is 0.697 e. The van der Waals surface area contributed by atoms with Crippen LogP contribution in [0.15, 0.2) is 158 Å². The second-order valence-corrected chi connectivity index (χ2v) is 29.3. The highest BCUT2D eigenvalue weighted by molar-refractivity contribution is 7.38. The van der Waals surface area contributed by atoms with Crippen LogP contribution in [-0.4, -0.2) is 157 Å². The minimum atomic E-state index is -2.44. The first-order chi connectivity index (χ1) is 47.7. The average Bonchev–Trinajstić information content (AvgIpc) is 0.958. The summed E-state index contributed by atoms with van der Waals surface area (Å²) in [5, 5.41) is 8.68. The SMILES string of the molecule is CC(C)(C)C(=O)Cl.CC(C)OC1C[C@H](C)O[C@@H]1CO.COc1ccc(C(OC[C@H]2O[C@@H](C)CC2O[P+](=O)OC[C@H]2O[C@@H](C)CC2OC(C)C)(c2ccccc2)c2ccc(OC)cc2)cc1.COc1ccc(C(OC[C@H]2O[C@@H](C)CC2O[P+](C)=O)(c2ccccc2)c2ccc(OC)cc2)cc1. The van der Waals surface area contributed by atoms with Gasteiger partial charge in [0.1, 0.15) is 77.4 Å². The summed E-state index contributed by atoms with van der Waals surface area (Å²) >= 11 is 5.11. The zero-order chi connectivity index (χ0) is 72.7. The first-order valence-electron chi connectivity index (χ1n) is 34.3. The third kappa shape index (κ3) is 22.8. The van der Waals surface area contributed by atoms with Gasteiger partial charge in [0.05, 0.1) is 97.1 Å². The van der Waals surface area contributed by atoms with Crippen molar-refractivity contribution in [1.82, 2.24) is 0 Å². The fourth-order valence-electron chi connectivity index (χ4n) is 12.5. The molecule has 1 N–H and O–H groups in total. The standard InChI is InChI=1S/C36H46O9P.C28H32O6P.C9H18O3.C5H9ClO/c1-24(2)42-32-20-25(3)44-35(32)23-41-46(37)45-33-21-26(4)43-34(33)22-40-36(27-10-8-7-9-11-27,28-12-16-30(38-5)17-13-28)29-14-18-31(39-6)19-15-29;1-20-18-26(34-35(4)29)27(33-20)19-32-28(21-8-6-5-7-9-21,22-10-14-24(30-2)15-11-22)23-12-16-25(31-3)17-13-23;1-6(2)11-8-4-7(3)12-9(8)5-10;1-5(2,3)4(6)7/h7-19,24-26,32-35H,20-23H2,1-6H3;5-17,20,26-27H,18-19H2,1-4H3;6-10H,4-5H2,1-3H3;1-3H3/q2*+1;;/t25-,26-,32?,33?,34+,35+;20-,26?,27+;7-,8?,9+;/m000./s1. The molecule has 6 aromatic rings. The lowest BCUT2D eigenvalue weighted by molar-refractivity contribution is -0.118. The van der Waals surface area contributed by atoms with Crippen LogP contribution in [0, 0.1) is 5.41 Å². The number of methoxy groups -OCH3 is 4. The Hall–Kier alpha value is -5.80. The highest BCUT2D eigenvalue weighted by Gasteiger charge is 2.47. The summed E-state index contributed by atoms with van der Waals surface area (Å²) in [4.78, 5) is 10.2. The summed E-state index contributed by atoms with van der Waals surface area (Å²) in [5.74, 6) is 3.01. The lowest BCUT2D eigenvalue weighted by atomic mass is 9.80. The number of hydrogen-bond donors (Lipinski definition) is 1. The molecule has 546 valence electrons. The predicted molar refractivity (Wildman–Crippen MR) is 387 cm³/mol. The zero-order valence-electron chi connectivity index (χ0n) is 60.8. The molecule has 0 aliphatic carbocycles. The van der Waals surface area contributed by atoms with Gasteiger partial charge in [0.25, 0.3) is 0 Å². The van der Waals surface area contributed by atoms with Crippen LogP contribution in [0.3, 0.4) is 0 Å². The van der Waals surface area contributed by atoms with E-state index in [-0.39, 0.29) is 110 Å². The van der Waals surface area contributed by atoms with Crippen molar-refractivity contribution in [3.8, 4) is 23.0 Å². The van der Waals surface area contributed by atoms with Crippen LogP contribution in [0.1, 0.15) is 135 Å². The normalized spacial score (nSPS) is 23.9. The summed E-state index contributed by atoms with van der Waals surface area (Å²) < 4.78 is 113. The van der Waals surface area contributed by atoms with E-state index < -0.39 is 39.7 Å². The number of aliphatic hydroxyl groups excluding tert-OH is 1. The van der Waals surface area contributed by atoms with Crippen molar-refractivity contribution in [2.45, 2.75) is 199 Å². The summed E-state index contributed by atoms with van der Waals surface area (Å²) in [6.45, 7) is 23.5. The van der Waals surface area contributed by atoms with E-state index in [0.29, 0.717) is 12.8 Å². The Morgan fingerprint density at radius 1 is 0.460 bits per heavy atom. The van der Waals surface area contributed by atoms with Gasteiger partial charge in [-0.05, 0) is 153 Å². The summed E-state index contributed by atoms with van der Waals surface area (Å²) in [7, 11) is 2.40. The highest BCUT2D eigenvalue weighted by Crippen LogP contribution is 2.46. The van der Waals surface area contributed by atoms with Crippen molar-refractivity contribution in [3.63, 3.8) is 0 Å². The molecule has 19 nitrogen and oxygen atoms in total. The molecule has 6 unspecified atom stereocenters. The van der Waals surface area contributed by atoms with Gasteiger partial charge >= 0.3 is 16.3 Å². The Bertz CT molecular complexity index is 3300. The van der Waals surface area contributed by atoms with Crippen molar-refractivity contribution < 1.29 is 89.4 Å². The third-order valence-corrected chi connectivity index (χ3v) is 19.3. The van der Waals surface area contributed by atoms with Crippen LogP contribution >= 0.6 is 27.9 Å². The van der Waals surface area contributed by atoms with E-state index in [9.17, 15) is 13.9 Å². The summed E-state index contributed by atoms with van der Waals surface area (Å²) in [5.41, 5.74) is 3.29. The molecule has 14 atom stereocenters. The number of carbonyl (C=O) groups is 1. The third-order valence-electron chi connectivity index (χ3n) is 17.3. The molecule has 0 amide bonds. The molecule has 0 radical (unpaired) electrons. The molecule has 4 fully saturated rings. The van der Waals surface area contributed by atoms with E-state index in [2.05, 4.69) is 12.1 Å². The number of carbonyl (C=O) groups excluding carboxylic acids is 1. The second kappa shape index (κ2) is 39.2. The Kier molecular flexibility index (Phi) is 31.9. The maximum atomic E-state index is 13.1. The van der Waals surface area contributed by atoms with Gasteiger partial charge in [-0.2, -0.15) is 0 Å². The summed E-state index contributed by atoms with van der Waals surface area (Å²) in [6, 6.07) is 51.7. The molecule has 4 aliphatic rings. The van der Waals surface area contributed by atoms with Crippen molar-refractivity contribution in [1.29, 1.82) is 0 Å². The first-order valence-corrected chi connectivity index (χ1v) is 37.4. The van der Waals surface area contributed by atoms with Gasteiger partial charge < -0.3 is 61.9 Å². The Morgan fingerprint density at radius 3 is 1.03 bits per heavy atom. The van der Waals surface area contributed by atoms with Gasteiger partial charge in [-0.25, -0.2) is 0 Å². The number of halogens is 1. The van der Waals surface area contributed by atoms with Crippen LogP contribution in [-0.2, 0) is 76.6 Å². The number of rotatable bonds is 28. The van der Waals surface area contributed by atoms with Gasteiger partial charge in [0.2, 0.25) is 5.24 Å². The number of aliphatic hydroxyl groups is 1. The zero-order valence-corrected chi connectivity index (χ0v) is 63.4. The minimum Gasteiger partial charge on any atom is -0.497 e. The molecule has 0 bridgehead atoms. The van der Waals surface area contributed by atoms with Crippen molar-refractivity contribution in [3.05, 3.63) is 191 Å². The lowest BCUT2D eigenvalue weighted by Gasteiger charge is -2.37. The highest BCUT2D eigenvalue weighted by atomic mass is 35.5. The molecule has 4 aliphatic heterocycles. The quantitative estimate of drug-likeness (QED) is 0.0275. The van der Waals surface area contributed by atoms with E-state index in [1.165, 1.54) is 0 Å². The molecule has 0 saturated carbocycles. The Balaban J connectivity index is 0.000000227. The van der Waals surface area contributed by atoms with Crippen molar-refractivity contribution >= 4 is 33.1 Å². The topological polar surface area (TPSA) is 210 Å². The van der Waals surface area contributed by atoms with Crippen LogP contribution in [0.5, 0.6) is 23.0 Å². The molecule has 6 aromatic carbocycles. The maximum absolute atomic E-state index is 13.1. The molecule has 4 heterocycles. The fourth-order valence-corrected chi connectivity index (χ4v) is 13.9. The predicted octanol–water partition coefficient (Wildman–Crippen LogP) is 15.9. The smallest absolute Gasteiger partial charge is 0.497 e. The van der Waals surface area contributed by atoms with E-state index >= 15 is 0 Å². The molecule has 100 heavy (non-hydrogen) atoms. The molecule has 10 rings (SSSR count). The number of ether oxygens (including phenoxy) is 12. The number of benzene rings is 6. The number of hydrogen-bond acceptors (Lipinski definition) is 19. The largest absolute Gasteiger partial charge is 0.697 e. The molecular weight excluding hydrogens is 1340 g/mol. The molecule has 4 saturated heterocycles. The average molecular weight is 1440 g/mol. The fraction of sp³-hybridized carbons (Fsp3) is 0.526. The van der Waals surface area contributed by atoms with Crippen molar-refractivity contribution in [2.75, 3.05) is 61.5 Å². The van der Waals surface area contributed by atoms with Gasteiger partial charge in [-0.1, -0.05) is 130 Å². The first kappa shape index (κ1) is 81.5. The monoisotopic (exact) mass is 1440 g/mol. The molecule has 22 heteroatoms. The second-order valence-electron chi connectivity index (χ2n) is 26.9. The van der Waals surface area contributed by atoms with E-state index in [1.54, 1.807) is 55.9 Å². The van der Waals surface area contributed by atoms with Crippen LogP contribution in [0.2, 0.25) is 0 Å². The summed E-state index contributed by atoms with van der Waals surface area (Å²) in [6.07, 6.45) is 1.20. The van der Waals surface area contributed by atoms with Gasteiger partial charge in [-0.15, -0.1) is 13.6 Å². The van der Waals surface area contributed by atoms with Gasteiger partial charge in [0.15, 0.2) is 6.66 Å². The van der Waals surface area contributed by atoms with E-state index in [1.807, 2.05) is 201 Å². The minimum absolute atomic E-state index is 0.00310. The molecule has 0 spiro atoms. The van der Waals surface area contributed by atoms with Crippen LogP contribution < -0.4 is 18.9 Å². The Labute approximate surface area is 599 Å². The van der Waals surface area contributed by atoms with Gasteiger partial charge in [0, 0.05) is 35.7 Å². The van der Waals surface area contributed by atoms with Gasteiger partial charge in [-0.3, -0.25) is 4.79 Å². The molecule has 0 aromatic heterocycles. The molecular formula is C78H105ClO19P2+2. The van der Waals surface area contributed by atoms with Crippen LogP contribution in [0.25, 0.3) is 0 Å². The van der Waals surface area contributed by atoms with E-state index in [0.717, 1.165) is 69.2 Å². The Morgan fingerprint density at radius 2 is 0.740 bits per heavy atom. The van der Waals surface area contributed by atoms with Crippen LogP contribution in [0.4, 0.5) is 0 Å². The lowest BCUT2D eigenvalue weighted by Crippen LogP contribution is -2.38. The van der Waals surface area contributed by atoms with E-state index in [4.69, 9.17) is 87.1 Å². The van der Waals surface area contributed by atoms with Crippen molar-refractivity contribution in [2.24, 2.45) is 5.41 Å².